The molecule has 1 N–H and O–H groups in total. The molecular formula is C18H15F4N3O2. The first kappa shape index (κ1) is 18.8. The van der Waals surface area contributed by atoms with Crippen LogP contribution in [0.15, 0.2) is 48.8 Å². The number of pyridine rings is 1. The molecule has 0 saturated carbocycles. The summed E-state index contributed by atoms with van der Waals surface area (Å²) in [5.41, 5.74) is 0.967. The third-order valence-electron chi connectivity index (χ3n) is 3.80. The summed E-state index contributed by atoms with van der Waals surface area (Å²) >= 11 is 0. The number of aromatic nitrogens is 3. The number of ether oxygens (including phenoxy) is 1. The second-order valence-corrected chi connectivity index (χ2v) is 5.66. The first-order valence-corrected chi connectivity index (χ1v) is 7.93. The number of alkyl halides is 3. The summed E-state index contributed by atoms with van der Waals surface area (Å²) < 4.78 is 58.3. The summed E-state index contributed by atoms with van der Waals surface area (Å²) in [6.45, 7) is -1.86. The van der Waals surface area contributed by atoms with Crippen molar-refractivity contribution in [2.24, 2.45) is 0 Å². The van der Waals surface area contributed by atoms with Crippen molar-refractivity contribution >= 4 is 0 Å². The van der Waals surface area contributed by atoms with Gasteiger partial charge in [0.2, 0.25) is 0 Å². The largest absolute Gasteiger partial charge is 0.488 e. The zero-order valence-electron chi connectivity index (χ0n) is 13.9. The van der Waals surface area contributed by atoms with Gasteiger partial charge in [0, 0.05) is 18.0 Å². The van der Waals surface area contributed by atoms with Crippen LogP contribution in [0.5, 0.6) is 5.75 Å². The topological polar surface area (TPSA) is 60.2 Å². The molecule has 0 bridgehead atoms. The Hall–Kier alpha value is -2.94. The van der Waals surface area contributed by atoms with Crippen molar-refractivity contribution in [1.82, 2.24) is 14.8 Å². The Morgan fingerprint density at radius 2 is 1.89 bits per heavy atom. The molecule has 2 aromatic heterocycles. The summed E-state index contributed by atoms with van der Waals surface area (Å²) in [6.07, 6.45) is -1.72. The van der Waals surface area contributed by atoms with Crippen molar-refractivity contribution in [1.29, 1.82) is 0 Å². The van der Waals surface area contributed by atoms with E-state index in [4.69, 9.17) is 4.74 Å². The Labute approximate surface area is 151 Å². The van der Waals surface area contributed by atoms with Gasteiger partial charge < -0.3 is 9.84 Å². The molecule has 0 atom stereocenters. The summed E-state index contributed by atoms with van der Waals surface area (Å²) in [7, 11) is 0. The Morgan fingerprint density at radius 3 is 2.63 bits per heavy atom. The predicted molar refractivity (Wildman–Crippen MR) is 88.2 cm³/mol. The van der Waals surface area contributed by atoms with E-state index in [0.29, 0.717) is 5.56 Å². The summed E-state index contributed by atoms with van der Waals surface area (Å²) in [5.74, 6) is -0.458. The maximum Gasteiger partial charge on any atom is 0.408 e. The monoisotopic (exact) mass is 381 g/mol. The van der Waals surface area contributed by atoms with Crippen LogP contribution < -0.4 is 4.74 Å². The highest BCUT2D eigenvalue weighted by molar-refractivity contribution is 5.58. The van der Waals surface area contributed by atoms with Crippen molar-refractivity contribution in [2.75, 3.05) is 0 Å². The van der Waals surface area contributed by atoms with E-state index in [9.17, 15) is 22.7 Å². The zero-order valence-corrected chi connectivity index (χ0v) is 13.9. The van der Waals surface area contributed by atoms with Gasteiger partial charge in [-0.25, -0.2) is 4.39 Å². The van der Waals surface area contributed by atoms with Crippen LogP contribution in [0.3, 0.4) is 0 Å². The maximum atomic E-state index is 13.7. The third kappa shape index (κ3) is 4.43. The van der Waals surface area contributed by atoms with Crippen molar-refractivity contribution in [2.45, 2.75) is 25.9 Å². The first-order chi connectivity index (χ1) is 12.9. The molecule has 0 aliphatic rings. The van der Waals surface area contributed by atoms with Gasteiger partial charge in [0.25, 0.3) is 0 Å². The fourth-order valence-corrected chi connectivity index (χ4v) is 2.60. The van der Waals surface area contributed by atoms with E-state index < -0.39 is 25.1 Å². The molecule has 0 aliphatic heterocycles. The molecule has 1 aromatic carbocycles. The molecule has 0 unspecified atom stereocenters. The molecule has 2 heterocycles. The van der Waals surface area contributed by atoms with Crippen LogP contribution in [0.4, 0.5) is 17.6 Å². The second-order valence-electron chi connectivity index (χ2n) is 5.66. The average Bonchev–Trinajstić information content (AvgIpc) is 3.06. The van der Waals surface area contributed by atoms with Gasteiger partial charge in [0.05, 0.1) is 23.6 Å². The van der Waals surface area contributed by atoms with Gasteiger partial charge in [-0.05, 0) is 24.3 Å². The van der Waals surface area contributed by atoms with Gasteiger partial charge in [0.1, 0.15) is 24.7 Å². The van der Waals surface area contributed by atoms with Crippen LogP contribution in [0.1, 0.15) is 11.1 Å². The summed E-state index contributed by atoms with van der Waals surface area (Å²) in [4.78, 5) is 4.15. The van der Waals surface area contributed by atoms with E-state index in [1.807, 2.05) is 0 Å². The predicted octanol–water partition coefficient (Wildman–Crippen LogP) is 3.72. The SMILES string of the molecule is OCc1c(F)cccc1OCc1cccnc1-c1ccnn1CC(F)(F)F. The van der Waals surface area contributed by atoms with Gasteiger partial charge in [-0.15, -0.1) is 0 Å². The maximum absolute atomic E-state index is 13.7. The lowest BCUT2D eigenvalue weighted by Gasteiger charge is -2.14. The molecule has 5 nitrogen and oxygen atoms in total. The number of hydrogen-bond donors (Lipinski definition) is 1. The van der Waals surface area contributed by atoms with Crippen LogP contribution >= 0.6 is 0 Å². The molecule has 0 saturated heterocycles. The third-order valence-corrected chi connectivity index (χ3v) is 3.80. The zero-order chi connectivity index (χ0) is 19.4. The lowest BCUT2D eigenvalue weighted by molar-refractivity contribution is -0.142. The van der Waals surface area contributed by atoms with E-state index in [0.717, 1.165) is 4.68 Å². The summed E-state index contributed by atoms with van der Waals surface area (Å²) in [6, 6.07) is 8.82. The molecule has 3 rings (SSSR count). The Kier molecular flexibility index (Phi) is 5.41. The fraction of sp³-hybridized carbons (Fsp3) is 0.222. The number of hydrogen-bond acceptors (Lipinski definition) is 4. The Morgan fingerprint density at radius 1 is 1.07 bits per heavy atom. The standard InChI is InChI=1S/C18H15F4N3O2/c19-14-4-1-5-16(13(14)9-26)27-10-12-3-2-7-23-17(12)15-6-8-24-25(15)11-18(20,21)22/h1-8,26H,9-11H2. The molecule has 27 heavy (non-hydrogen) atoms. The molecule has 0 aliphatic carbocycles. The summed E-state index contributed by atoms with van der Waals surface area (Å²) in [5, 5.41) is 13.0. The second kappa shape index (κ2) is 7.75. The van der Waals surface area contributed by atoms with Gasteiger partial charge in [-0.3, -0.25) is 9.67 Å². The Bertz CT molecular complexity index is 925. The molecule has 142 valence electrons. The molecule has 0 amide bonds. The van der Waals surface area contributed by atoms with Gasteiger partial charge in [0.15, 0.2) is 0 Å². The van der Waals surface area contributed by atoms with E-state index in [-0.39, 0.29) is 29.3 Å². The highest BCUT2D eigenvalue weighted by atomic mass is 19.4. The average molecular weight is 381 g/mol. The van der Waals surface area contributed by atoms with Crippen molar-refractivity contribution in [3.05, 3.63) is 65.7 Å². The Balaban J connectivity index is 1.88. The van der Waals surface area contributed by atoms with Crippen LogP contribution in [-0.2, 0) is 19.8 Å². The lowest BCUT2D eigenvalue weighted by atomic mass is 10.1. The van der Waals surface area contributed by atoms with Crippen LogP contribution in [-0.4, -0.2) is 26.0 Å². The quantitative estimate of drug-likeness (QED) is 0.662. The molecule has 0 radical (unpaired) electrons. The van der Waals surface area contributed by atoms with E-state index in [1.165, 1.54) is 36.7 Å². The number of aliphatic hydroxyl groups is 1. The number of nitrogens with zero attached hydrogens (tertiary/aromatic N) is 3. The smallest absolute Gasteiger partial charge is 0.408 e. The highest BCUT2D eigenvalue weighted by Gasteiger charge is 2.30. The fourth-order valence-electron chi connectivity index (χ4n) is 2.60. The van der Waals surface area contributed by atoms with Crippen molar-refractivity contribution < 1.29 is 27.4 Å². The van der Waals surface area contributed by atoms with Crippen LogP contribution in [0.2, 0.25) is 0 Å². The first-order valence-electron chi connectivity index (χ1n) is 7.93. The van der Waals surface area contributed by atoms with Crippen molar-refractivity contribution in [3.63, 3.8) is 0 Å². The van der Waals surface area contributed by atoms with E-state index in [2.05, 4.69) is 10.1 Å². The van der Waals surface area contributed by atoms with Gasteiger partial charge in [-0.2, -0.15) is 18.3 Å². The minimum atomic E-state index is -4.43. The molecule has 3 aromatic rings. The van der Waals surface area contributed by atoms with E-state index >= 15 is 0 Å². The lowest BCUT2D eigenvalue weighted by Crippen LogP contribution is -2.19. The van der Waals surface area contributed by atoms with Gasteiger partial charge >= 0.3 is 6.18 Å². The normalized spacial score (nSPS) is 11.6. The van der Waals surface area contributed by atoms with Crippen molar-refractivity contribution in [3.8, 4) is 17.1 Å². The van der Waals surface area contributed by atoms with Gasteiger partial charge in [-0.1, -0.05) is 12.1 Å². The molecule has 9 heteroatoms. The number of halogens is 4. The number of aliphatic hydroxyl groups excluding tert-OH is 1. The molecule has 0 fully saturated rings. The minimum Gasteiger partial charge on any atom is -0.488 e. The molecular weight excluding hydrogens is 366 g/mol. The number of rotatable bonds is 6. The minimum absolute atomic E-state index is 0.00468. The van der Waals surface area contributed by atoms with Crippen LogP contribution in [0, 0.1) is 5.82 Å². The van der Waals surface area contributed by atoms with Crippen LogP contribution in [0.25, 0.3) is 11.4 Å². The molecule has 0 spiro atoms. The highest BCUT2D eigenvalue weighted by Crippen LogP contribution is 2.27. The van der Waals surface area contributed by atoms with E-state index in [1.54, 1.807) is 12.1 Å². The number of benzene rings is 1.